The minimum absolute atomic E-state index is 0.0936. The van der Waals surface area contributed by atoms with Crippen molar-refractivity contribution in [3.8, 4) is 16.9 Å². The predicted octanol–water partition coefficient (Wildman–Crippen LogP) is 6.65. The minimum atomic E-state index is -0.0936. The van der Waals surface area contributed by atoms with Gasteiger partial charge in [-0.2, -0.15) is 5.10 Å². The fraction of sp³-hybridized carbons (Fsp3) is 0.120. The van der Waals surface area contributed by atoms with Gasteiger partial charge in [0.25, 0.3) is 5.91 Å². The summed E-state index contributed by atoms with van der Waals surface area (Å²) in [5.41, 5.74) is 5.08. The molecule has 2 N–H and O–H groups in total. The zero-order valence-corrected chi connectivity index (χ0v) is 19.2. The number of hydrogen-bond donors (Lipinski definition) is 2. The highest BCUT2D eigenvalue weighted by atomic mass is 35.5. The smallest absolute Gasteiger partial charge is 0.251 e. The van der Waals surface area contributed by atoms with Gasteiger partial charge in [0.2, 0.25) is 0 Å². The first-order valence-electron chi connectivity index (χ1n) is 10.2. The van der Waals surface area contributed by atoms with Gasteiger partial charge in [-0.25, -0.2) is 4.68 Å². The Hall–Kier alpha value is -3.28. The first-order valence-corrected chi connectivity index (χ1v) is 11.0. The maximum Gasteiger partial charge on any atom is 0.251 e. The van der Waals surface area contributed by atoms with E-state index in [1.54, 1.807) is 18.2 Å². The second-order valence-corrected chi connectivity index (χ2v) is 8.25. The Balaban J connectivity index is 1.72. The van der Waals surface area contributed by atoms with Crippen molar-refractivity contribution in [3.05, 3.63) is 94.0 Å². The van der Waals surface area contributed by atoms with Gasteiger partial charge in [0.05, 0.1) is 11.4 Å². The summed E-state index contributed by atoms with van der Waals surface area (Å²) in [6.07, 6.45) is 0. The molecule has 0 aliphatic rings. The Morgan fingerprint density at radius 1 is 0.938 bits per heavy atom. The number of rotatable bonds is 6. The summed E-state index contributed by atoms with van der Waals surface area (Å²) >= 11 is 12.4. The highest BCUT2D eigenvalue weighted by Crippen LogP contribution is 2.31. The number of nitrogens with one attached hydrogen (secondary N) is 2. The Bertz CT molecular complexity index is 1230. The lowest BCUT2D eigenvalue weighted by atomic mass is 10.1. The van der Waals surface area contributed by atoms with Crippen LogP contribution in [0.2, 0.25) is 10.0 Å². The summed E-state index contributed by atoms with van der Waals surface area (Å²) in [6.45, 7) is 4.53. The maximum absolute atomic E-state index is 12.0. The van der Waals surface area contributed by atoms with Crippen molar-refractivity contribution >= 4 is 40.6 Å². The monoisotopic (exact) mass is 464 g/mol. The van der Waals surface area contributed by atoms with Gasteiger partial charge in [-0.3, -0.25) is 4.79 Å². The van der Waals surface area contributed by atoms with Crippen LogP contribution < -0.4 is 10.6 Å². The second-order valence-electron chi connectivity index (χ2n) is 7.38. The lowest BCUT2D eigenvalue weighted by Crippen LogP contribution is -2.22. The van der Waals surface area contributed by atoms with Crippen LogP contribution in [0.15, 0.2) is 72.8 Å². The maximum atomic E-state index is 12.0. The Morgan fingerprint density at radius 2 is 1.59 bits per heavy atom. The molecule has 0 fully saturated rings. The van der Waals surface area contributed by atoms with E-state index in [1.165, 1.54) is 5.56 Å². The molecule has 0 atom stereocenters. The van der Waals surface area contributed by atoms with Crippen molar-refractivity contribution in [3.63, 3.8) is 0 Å². The lowest BCUT2D eigenvalue weighted by Gasteiger charge is -2.11. The molecule has 0 aliphatic heterocycles. The van der Waals surface area contributed by atoms with E-state index in [4.69, 9.17) is 28.3 Å². The third-order valence-corrected chi connectivity index (χ3v) is 5.34. The third-order valence-electron chi connectivity index (χ3n) is 4.90. The van der Waals surface area contributed by atoms with Gasteiger partial charge in [-0.1, -0.05) is 40.9 Å². The van der Waals surface area contributed by atoms with Crippen LogP contribution in [0.25, 0.3) is 16.9 Å². The van der Waals surface area contributed by atoms with Crippen molar-refractivity contribution in [2.75, 3.05) is 11.9 Å². The molecule has 0 saturated carbocycles. The summed E-state index contributed by atoms with van der Waals surface area (Å²) < 4.78 is 1.83. The molecule has 7 heteroatoms. The average Bonchev–Trinajstić information content (AvgIpc) is 3.18. The Labute approximate surface area is 197 Å². The van der Waals surface area contributed by atoms with E-state index in [0.29, 0.717) is 22.2 Å². The van der Waals surface area contributed by atoms with Crippen LogP contribution in [-0.2, 0) is 0 Å². The number of aromatic nitrogens is 2. The van der Waals surface area contributed by atoms with E-state index in [2.05, 4.69) is 10.6 Å². The first-order chi connectivity index (χ1) is 15.4. The van der Waals surface area contributed by atoms with E-state index in [1.807, 2.05) is 73.1 Å². The molecule has 1 heterocycles. The SMILES string of the molecule is CCNC(=O)c1ccc(Nc2cc(-c3cc(Cl)cc(Cl)c3)nn2-c2ccc(C)cc2)cc1. The minimum Gasteiger partial charge on any atom is -0.352 e. The quantitative estimate of drug-likeness (QED) is 0.335. The number of benzene rings is 3. The zero-order valence-electron chi connectivity index (χ0n) is 17.7. The number of hydrogen-bond acceptors (Lipinski definition) is 3. The number of carbonyl (C=O) groups is 1. The molecule has 0 aliphatic carbocycles. The van der Waals surface area contributed by atoms with Crippen molar-refractivity contribution in [1.82, 2.24) is 15.1 Å². The van der Waals surface area contributed by atoms with Crippen LogP contribution in [0.4, 0.5) is 11.5 Å². The molecule has 0 unspecified atom stereocenters. The van der Waals surface area contributed by atoms with Crippen LogP contribution in [-0.4, -0.2) is 22.2 Å². The standard InChI is InChI=1S/C25H22Cl2N4O/c1-3-28-25(32)17-6-8-21(9-7-17)29-24-15-23(18-12-19(26)14-20(27)13-18)30-31(24)22-10-4-16(2)5-11-22/h4-15,29H,3H2,1-2H3,(H,28,32). The fourth-order valence-electron chi connectivity index (χ4n) is 3.31. The number of aryl methyl sites for hydroxylation is 1. The van der Waals surface area contributed by atoms with Crippen LogP contribution in [0.1, 0.15) is 22.8 Å². The molecule has 5 nitrogen and oxygen atoms in total. The summed E-state index contributed by atoms with van der Waals surface area (Å²) in [5.74, 6) is 0.676. The van der Waals surface area contributed by atoms with Crippen molar-refractivity contribution < 1.29 is 4.79 Å². The van der Waals surface area contributed by atoms with Gasteiger partial charge >= 0.3 is 0 Å². The zero-order chi connectivity index (χ0) is 22.7. The molecule has 4 aromatic rings. The molecule has 4 rings (SSSR count). The highest BCUT2D eigenvalue weighted by molar-refractivity contribution is 6.35. The van der Waals surface area contributed by atoms with Crippen LogP contribution in [0, 0.1) is 6.92 Å². The molecule has 3 aromatic carbocycles. The number of anilines is 2. The van der Waals surface area contributed by atoms with Gasteiger partial charge in [-0.15, -0.1) is 0 Å². The van der Waals surface area contributed by atoms with E-state index < -0.39 is 0 Å². The Morgan fingerprint density at radius 3 is 2.22 bits per heavy atom. The largest absolute Gasteiger partial charge is 0.352 e. The molecule has 162 valence electrons. The molecular weight excluding hydrogens is 443 g/mol. The van der Waals surface area contributed by atoms with Crippen molar-refractivity contribution in [2.45, 2.75) is 13.8 Å². The van der Waals surface area contributed by atoms with Gasteiger partial charge in [0, 0.05) is 39.5 Å². The molecule has 32 heavy (non-hydrogen) atoms. The topological polar surface area (TPSA) is 59.0 Å². The van der Waals surface area contributed by atoms with Crippen molar-refractivity contribution in [1.29, 1.82) is 0 Å². The van der Waals surface area contributed by atoms with Gasteiger partial charge in [0.15, 0.2) is 0 Å². The summed E-state index contributed by atoms with van der Waals surface area (Å²) in [7, 11) is 0. The van der Waals surface area contributed by atoms with Gasteiger partial charge in [-0.05, 0) is 68.4 Å². The molecule has 1 amide bonds. The number of halogens is 2. The number of nitrogens with zero attached hydrogens (tertiary/aromatic N) is 2. The summed E-state index contributed by atoms with van der Waals surface area (Å²) in [5, 5.41) is 12.1. The predicted molar refractivity (Wildman–Crippen MR) is 131 cm³/mol. The average molecular weight is 465 g/mol. The van der Waals surface area contributed by atoms with Crippen LogP contribution in [0.5, 0.6) is 0 Å². The second kappa shape index (κ2) is 9.47. The van der Waals surface area contributed by atoms with E-state index >= 15 is 0 Å². The van der Waals surface area contributed by atoms with Gasteiger partial charge < -0.3 is 10.6 Å². The molecule has 0 radical (unpaired) electrons. The lowest BCUT2D eigenvalue weighted by molar-refractivity contribution is 0.0956. The fourth-order valence-corrected chi connectivity index (χ4v) is 3.84. The third kappa shape index (κ3) is 4.96. The molecule has 0 spiro atoms. The summed E-state index contributed by atoms with van der Waals surface area (Å²) in [6, 6.07) is 22.7. The molecule has 0 saturated heterocycles. The number of carbonyl (C=O) groups excluding carboxylic acids is 1. The van der Waals surface area contributed by atoms with E-state index in [0.717, 1.165) is 28.5 Å². The van der Waals surface area contributed by atoms with Crippen LogP contribution >= 0.6 is 23.2 Å². The first kappa shape index (κ1) is 21.9. The van der Waals surface area contributed by atoms with Gasteiger partial charge in [0.1, 0.15) is 5.82 Å². The molecule has 1 aromatic heterocycles. The van der Waals surface area contributed by atoms with Crippen LogP contribution in [0.3, 0.4) is 0 Å². The van der Waals surface area contributed by atoms with E-state index in [9.17, 15) is 4.79 Å². The Kier molecular flexibility index (Phi) is 6.49. The molecular formula is C25H22Cl2N4O. The van der Waals surface area contributed by atoms with Crippen molar-refractivity contribution in [2.24, 2.45) is 0 Å². The number of amides is 1. The van der Waals surface area contributed by atoms with E-state index in [-0.39, 0.29) is 5.91 Å². The molecule has 0 bridgehead atoms. The highest BCUT2D eigenvalue weighted by Gasteiger charge is 2.13. The summed E-state index contributed by atoms with van der Waals surface area (Å²) in [4.78, 5) is 12.0. The normalized spacial score (nSPS) is 10.8.